The fraction of sp³-hybridized carbons (Fsp3) is 0.562. The summed E-state index contributed by atoms with van der Waals surface area (Å²) >= 11 is 0. The maximum absolute atomic E-state index is 11.5. The number of hydrogen-bond donors (Lipinski definition) is 1. The molecular weight excluding hydrogens is 286 g/mol. The summed E-state index contributed by atoms with van der Waals surface area (Å²) in [5.74, 6) is -0.212. The number of ether oxygens (including phenoxy) is 4. The van der Waals surface area contributed by atoms with Crippen LogP contribution in [0.4, 0.5) is 0 Å². The molecule has 0 aromatic heterocycles. The molecule has 1 saturated heterocycles. The van der Waals surface area contributed by atoms with E-state index in [2.05, 4.69) is 0 Å². The van der Waals surface area contributed by atoms with Gasteiger partial charge in [0, 0.05) is 12.1 Å². The minimum atomic E-state index is -0.572. The van der Waals surface area contributed by atoms with Crippen LogP contribution >= 0.6 is 0 Å². The van der Waals surface area contributed by atoms with Crippen LogP contribution in [0.2, 0.25) is 0 Å². The van der Waals surface area contributed by atoms with Crippen LogP contribution in [0.5, 0.6) is 5.75 Å². The first-order valence-electron chi connectivity index (χ1n) is 7.27. The number of nitrogens with two attached hydrogens (primary N) is 1. The number of benzene rings is 1. The second-order valence-corrected chi connectivity index (χ2v) is 5.61. The fourth-order valence-electron chi connectivity index (χ4n) is 2.40. The maximum Gasteiger partial charge on any atom is 0.309 e. The van der Waals surface area contributed by atoms with Crippen molar-refractivity contribution in [2.45, 2.75) is 38.7 Å². The van der Waals surface area contributed by atoms with Crippen LogP contribution in [0, 0.1) is 0 Å². The van der Waals surface area contributed by atoms with Gasteiger partial charge < -0.3 is 24.7 Å². The summed E-state index contributed by atoms with van der Waals surface area (Å²) in [6.07, 6.45) is 0.0564. The number of rotatable bonds is 6. The average Bonchev–Trinajstić information content (AvgIpc) is 2.84. The van der Waals surface area contributed by atoms with E-state index in [0.29, 0.717) is 19.0 Å². The first-order chi connectivity index (χ1) is 10.4. The van der Waals surface area contributed by atoms with E-state index < -0.39 is 5.79 Å². The molecule has 0 unspecified atom stereocenters. The topological polar surface area (TPSA) is 80.0 Å². The van der Waals surface area contributed by atoms with Gasteiger partial charge in [-0.25, -0.2) is 0 Å². The highest BCUT2D eigenvalue weighted by atomic mass is 16.7. The van der Waals surface area contributed by atoms with Gasteiger partial charge in [-0.15, -0.1) is 0 Å². The van der Waals surface area contributed by atoms with E-state index in [9.17, 15) is 4.79 Å². The Balaban J connectivity index is 2.04. The predicted octanol–water partition coefficient (Wildman–Crippen LogP) is 1.39. The van der Waals surface area contributed by atoms with Gasteiger partial charge >= 0.3 is 5.97 Å². The second kappa shape index (κ2) is 7.09. The molecule has 0 amide bonds. The second-order valence-electron chi connectivity index (χ2n) is 5.61. The standard InChI is InChI=1S/C16H23NO5/c1-16(2)21-10-12(22-16)9-20-14-6-4-5-11(13(14)8-17)7-15(18)19-3/h4-6,12H,7-10,17H2,1-3H3/t12-/m1/s1. The molecule has 1 heterocycles. The molecule has 122 valence electrons. The van der Waals surface area contributed by atoms with Crippen molar-refractivity contribution in [3.63, 3.8) is 0 Å². The Labute approximate surface area is 130 Å². The van der Waals surface area contributed by atoms with Crippen molar-refractivity contribution >= 4 is 5.97 Å². The van der Waals surface area contributed by atoms with Crippen molar-refractivity contribution in [1.82, 2.24) is 0 Å². The molecule has 1 aliphatic heterocycles. The van der Waals surface area contributed by atoms with Gasteiger partial charge in [0.2, 0.25) is 0 Å². The van der Waals surface area contributed by atoms with Crippen LogP contribution in [-0.4, -0.2) is 38.2 Å². The molecule has 2 rings (SSSR count). The van der Waals surface area contributed by atoms with Crippen LogP contribution in [0.15, 0.2) is 18.2 Å². The van der Waals surface area contributed by atoms with Gasteiger partial charge in [0.15, 0.2) is 5.79 Å². The lowest BCUT2D eigenvalue weighted by atomic mass is 10.0. The molecule has 1 aliphatic rings. The summed E-state index contributed by atoms with van der Waals surface area (Å²) in [6, 6.07) is 5.52. The lowest BCUT2D eigenvalue weighted by Crippen LogP contribution is -2.25. The Morgan fingerprint density at radius 2 is 2.23 bits per heavy atom. The van der Waals surface area contributed by atoms with Crippen LogP contribution in [-0.2, 0) is 32.0 Å². The summed E-state index contributed by atoms with van der Waals surface area (Å²) in [5.41, 5.74) is 7.43. The summed E-state index contributed by atoms with van der Waals surface area (Å²) in [7, 11) is 1.37. The van der Waals surface area contributed by atoms with Gasteiger partial charge in [0.05, 0.1) is 20.1 Å². The van der Waals surface area contributed by atoms with E-state index in [0.717, 1.165) is 11.1 Å². The third kappa shape index (κ3) is 4.19. The van der Waals surface area contributed by atoms with Crippen molar-refractivity contribution in [1.29, 1.82) is 0 Å². The van der Waals surface area contributed by atoms with Crippen LogP contribution in [0.3, 0.4) is 0 Å². The third-order valence-electron chi connectivity index (χ3n) is 3.49. The number of esters is 1. The molecule has 1 aromatic rings. The van der Waals surface area contributed by atoms with E-state index in [1.807, 2.05) is 32.0 Å². The quantitative estimate of drug-likeness (QED) is 0.800. The monoisotopic (exact) mass is 309 g/mol. The zero-order valence-corrected chi connectivity index (χ0v) is 13.3. The van der Waals surface area contributed by atoms with Crippen molar-refractivity contribution in [2.75, 3.05) is 20.3 Å². The van der Waals surface area contributed by atoms with Gasteiger partial charge in [-0.1, -0.05) is 12.1 Å². The molecular formula is C16H23NO5. The Bertz CT molecular complexity index is 529. The maximum atomic E-state index is 11.5. The number of carbonyl (C=O) groups excluding carboxylic acids is 1. The molecule has 1 aromatic carbocycles. The van der Waals surface area contributed by atoms with E-state index in [1.165, 1.54) is 7.11 Å². The molecule has 1 atom stereocenters. The normalized spacial score (nSPS) is 19.9. The largest absolute Gasteiger partial charge is 0.490 e. The molecule has 0 spiro atoms. The fourth-order valence-corrected chi connectivity index (χ4v) is 2.40. The molecule has 1 fully saturated rings. The zero-order chi connectivity index (χ0) is 16.2. The van der Waals surface area contributed by atoms with Crippen molar-refractivity contribution < 1.29 is 23.7 Å². The molecule has 22 heavy (non-hydrogen) atoms. The van der Waals surface area contributed by atoms with Crippen LogP contribution in [0.25, 0.3) is 0 Å². The molecule has 6 heteroatoms. The van der Waals surface area contributed by atoms with E-state index in [1.54, 1.807) is 0 Å². The molecule has 0 aliphatic carbocycles. The minimum absolute atomic E-state index is 0.120. The number of methoxy groups -OCH3 is 1. The predicted molar refractivity (Wildman–Crippen MR) is 80.5 cm³/mol. The van der Waals surface area contributed by atoms with Crippen molar-refractivity contribution in [3.05, 3.63) is 29.3 Å². The summed E-state index contributed by atoms with van der Waals surface area (Å²) in [6.45, 7) is 4.89. The average molecular weight is 309 g/mol. The zero-order valence-electron chi connectivity index (χ0n) is 13.3. The Kier molecular flexibility index (Phi) is 5.39. The summed E-state index contributed by atoms with van der Waals surface area (Å²) in [5, 5.41) is 0. The summed E-state index contributed by atoms with van der Waals surface area (Å²) < 4.78 is 21.7. The lowest BCUT2D eigenvalue weighted by Gasteiger charge is -2.18. The van der Waals surface area contributed by atoms with Gasteiger partial charge in [-0.2, -0.15) is 0 Å². The molecule has 0 radical (unpaired) electrons. The first kappa shape index (κ1) is 16.7. The molecule has 0 bridgehead atoms. The van der Waals surface area contributed by atoms with Gasteiger partial charge in [-0.3, -0.25) is 4.79 Å². The smallest absolute Gasteiger partial charge is 0.309 e. The molecule has 2 N–H and O–H groups in total. The molecule has 6 nitrogen and oxygen atoms in total. The Hall–Kier alpha value is -1.63. The van der Waals surface area contributed by atoms with E-state index in [-0.39, 0.29) is 25.0 Å². The Morgan fingerprint density at radius 3 is 2.82 bits per heavy atom. The van der Waals surface area contributed by atoms with E-state index in [4.69, 9.17) is 24.7 Å². The SMILES string of the molecule is COC(=O)Cc1cccc(OC[C@@H]2COC(C)(C)O2)c1CN. The van der Waals surface area contributed by atoms with Gasteiger partial charge in [0.25, 0.3) is 0 Å². The van der Waals surface area contributed by atoms with Crippen molar-refractivity contribution in [2.24, 2.45) is 5.73 Å². The minimum Gasteiger partial charge on any atom is -0.490 e. The van der Waals surface area contributed by atoms with Crippen LogP contribution in [0.1, 0.15) is 25.0 Å². The van der Waals surface area contributed by atoms with Crippen LogP contribution < -0.4 is 10.5 Å². The van der Waals surface area contributed by atoms with E-state index >= 15 is 0 Å². The lowest BCUT2D eigenvalue weighted by molar-refractivity contribution is -0.141. The first-order valence-corrected chi connectivity index (χ1v) is 7.27. The molecule has 0 saturated carbocycles. The van der Waals surface area contributed by atoms with Gasteiger partial charge in [0.1, 0.15) is 18.5 Å². The van der Waals surface area contributed by atoms with Gasteiger partial charge in [-0.05, 0) is 25.5 Å². The number of hydrogen-bond acceptors (Lipinski definition) is 6. The third-order valence-corrected chi connectivity index (χ3v) is 3.49. The van der Waals surface area contributed by atoms with Crippen molar-refractivity contribution in [3.8, 4) is 5.75 Å². The number of carbonyl (C=O) groups is 1. The highest BCUT2D eigenvalue weighted by molar-refractivity contribution is 5.73. The Morgan fingerprint density at radius 1 is 1.45 bits per heavy atom. The highest BCUT2D eigenvalue weighted by Crippen LogP contribution is 2.26. The highest BCUT2D eigenvalue weighted by Gasteiger charge is 2.33. The summed E-state index contributed by atoms with van der Waals surface area (Å²) in [4.78, 5) is 11.5.